The molecule has 1 fully saturated rings. The molecule has 0 radical (unpaired) electrons. The molecule has 0 aromatic heterocycles. The zero-order valence-corrected chi connectivity index (χ0v) is 13.1. The zero-order chi connectivity index (χ0) is 12.4. The van der Waals surface area contributed by atoms with Crippen LogP contribution in [0.15, 0.2) is 22.7 Å². The summed E-state index contributed by atoms with van der Waals surface area (Å²) in [5, 5.41) is 0. The molecule has 2 atom stereocenters. The van der Waals surface area contributed by atoms with Crippen LogP contribution in [0.25, 0.3) is 0 Å². The van der Waals surface area contributed by atoms with E-state index in [0.29, 0.717) is 12.0 Å². The van der Waals surface area contributed by atoms with Gasteiger partial charge < -0.3 is 10.5 Å². The van der Waals surface area contributed by atoms with Gasteiger partial charge in [0.2, 0.25) is 0 Å². The largest absolute Gasteiger partial charge is 0.495 e. The van der Waals surface area contributed by atoms with Gasteiger partial charge in [-0.3, -0.25) is 4.90 Å². The lowest BCUT2D eigenvalue weighted by molar-refractivity contribution is 0.309. The van der Waals surface area contributed by atoms with Crippen LogP contribution < -0.4 is 10.5 Å². The number of methoxy groups -OCH3 is 1. The lowest BCUT2D eigenvalue weighted by Crippen LogP contribution is -2.28. The highest BCUT2D eigenvalue weighted by molar-refractivity contribution is 9.10. The van der Waals surface area contributed by atoms with Crippen LogP contribution in [-0.4, -0.2) is 31.1 Å². The maximum atomic E-state index is 6.04. The van der Waals surface area contributed by atoms with Crippen LogP contribution in [0.5, 0.6) is 5.75 Å². The lowest BCUT2D eigenvalue weighted by atomic mass is 10.1. The second-order valence-electron chi connectivity index (χ2n) is 4.77. The van der Waals surface area contributed by atoms with Gasteiger partial charge in [0, 0.05) is 31.2 Å². The topological polar surface area (TPSA) is 38.5 Å². The molecule has 2 unspecified atom stereocenters. The van der Waals surface area contributed by atoms with E-state index in [0.717, 1.165) is 29.9 Å². The standard InChI is InChI=1S/C13H19BrN2O.ClH/c1-9-6-16(8-12(9)15)7-10-4-3-5-11(14)13(10)17-2;/h3-5,9,12H,6-8,15H2,1-2H3;1H. The van der Waals surface area contributed by atoms with E-state index in [-0.39, 0.29) is 12.4 Å². The third kappa shape index (κ3) is 3.38. The molecule has 18 heavy (non-hydrogen) atoms. The minimum atomic E-state index is 0. The van der Waals surface area contributed by atoms with Crippen molar-refractivity contribution in [1.82, 2.24) is 4.90 Å². The molecule has 1 aliphatic rings. The van der Waals surface area contributed by atoms with Crippen molar-refractivity contribution in [2.45, 2.75) is 19.5 Å². The van der Waals surface area contributed by atoms with Crippen molar-refractivity contribution in [2.75, 3.05) is 20.2 Å². The van der Waals surface area contributed by atoms with Gasteiger partial charge >= 0.3 is 0 Å². The summed E-state index contributed by atoms with van der Waals surface area (Å²) in [5.74, 6) is 1.51. The van der Waals surface area contributed by atoms with Crippen LogP contribution >= 0.6 is 28.3 Å². The Morgan fingerprint density at radius 1 is 1.44 bits per heavy atom. The summed E-state index contributed by atoms with van der Waals surface area (Å²) in [6, 6.07) is 6.45. The highest BCUT2D eigenvalue weighted by atomic mass is 79.9. The number of likely N-dealkylation sites (tertiary alicyclic amines) is 1. The molecular formula is C13H20BrClN2O. The average Bonchev–Trinajstić information content (AvgIpc) is 2.58. The monoisotopic (exact) mass is 334 g/mol. The van der Waals surface area contributed by atoms with Crippen LogP contribution in [0.2, 0.25) is 0 Å². The van der Waals surface area contributed by atoms with Gasteiger partial charge in [-0.05, 0) is 27.9 Å². The summed E-state index contributed by atoms with van der Waals surface area (Å²) >= 11 is 3.51. The highest BCUT2D eigenvalue weighted by Crippen LogP contribution is 2.30. The van der Waals surface area contributed by atoms with Gasteiger partial charge in [0.1, 0.15) is 5.75 Å². The molecule has 1 saturated heterocycles. The van der Waals surface area contributed by atoms with E-state index in [1.54, 1.807) is 7.11 Å². The average molecular weight is 336 g/mol. The minimum Gasteiger partial charge on any atom is -0.495 e. The van der Waals surface area contributed by atoms with Gasteiger partial charge in [-0.1, -0.05) is 19.1 Å². The van der Waals surface area contributed by atoms with Gasteiger partial charge in [-0.2, -0.15) is 0 Å². The van der Waals surface area contributed by atoms with E-state index in [1.165, 1.54) is 5.56 Å². The number of nitrogens with two attached hydrogens (primary N) is 1. The molecule has 5 heteroatoms. The first-order valence-electron chi connectivity index (χ1n) is 5.91. The van der Waals surface area contributed by atoms with Crippen LogP contribution in [0.1, 0.15) is 12.5 Å². The predicted molar refractivity (Wildman–Crippen MR) is 80.4 cm³/mol. The molecule has 0 bridgehead atoms. The smallest absolute Gasteiger partial charge is 0.137 e. The van der Waals surface area contributed by atoms with Gasteiger partial charge in [0.15, 0.2) is 0 Å². The van der Waals surface area contributed by atoms with Gasteiger partial charge in [0.05, 0.1) is 11.6 Å². The van der Waals surface area contributed by atoms with E-state index < -0.39 is 0 Å². The third-order valence-electron chi connectivity index (χ3n) is 3.39. The summed E-state index contributed by atoms with van der Waals surface area (Å²) in [6.07, 6.45) is 0. The normalized spacial score (nSPS) is 23.8. The van der Waals surface area contributed by atoms with Crippen LogP contribution in [-0.2, 0) is 6.54 Å². The number of halogens is 2. The Bertz CT molecular complexity index is 393. The Hall–Kier alpha value is -0.290. The fraction of sp³-hybridized carbons (Fsp3) is 0.538. The fourth-order valence-corrected chi connectivity index (χ4v) is 2.94. The Kier molecular flexibility index (Phi) is 5.92. The second kappa shape index (κ2) is 6.75. The predicted octanol–water partition coefficient (Wildman–Crippen LogP) is 2.66. The van der Waals surface area contributed by atoms with Crippen molar-refractivity contribution in [3.05, 3.63) is 28.2 Å². The first kappa shape index (κ1) is 15.8. The maximum absolute atomic E-state index is 6.04. The number of para-hydroxylation sites is 1. The number of hydrogen-bond acceptors (Lipinski definition) is 3. The number of nitrogens with zero attached hydrogens (tertiary/aromatic N) is 1. The van der Waals surface area contributed by atoms with E-state index >= 15 is 0 Å². The zero-order valence-electron chi connectivity index (χ0n) is 10.7. The van der Waals surface area contributed by atoms with E-state index in [4.69, 9.17) is 10.5 Å². The molecular weight excluding hydrogens is 316 g/mol. The van der Waals surface area contributed by atoms with Crippen molar-refractivity contribution in [2.24, 2.45) is 11.7 Å². The first-order chi connectivity index (χ1) is 8.11. The van der Waals surface area contributed by atoms with Crippen LogP contribution in [0, 0.1) is 5.92 Å². The van der Waals surface area contributed by atoms with Crippen LogP contribution in [0.4, 0.5) is 0 Å². The summed E-state index contributed by atoms with van der Waals surface area (Å²) < 4.78 is 6.44. The van der Waals surface area contributed by atoms with E-state index in [2.05, 4.69) is 33.8 Å². The van der Waals surface area contributed by atoms with Crippen LogP contribution in [0.3, 0.4) is 0 Å². The maximum Gasteiger partial charge on any atom is 0.137 e. The number of benzene rings is 1. The first-order valence-corrected chi connectivity index (χ1v) is 6.70. The molecule has 1 aliphatic heterocycles. The molecule has 0 aliphatic carbocycles. The minimum absolute atomic E-state index is 0. The third-order valence-corrected chi connectivity index (χ3v) is 4.02. The molecule has 1 aromatic carbocycles. The molecule has 3 nitrogen and oxygen atoms in total. The van der Waals surface area contributed by atoms with Crippen molar-refractivity contribution in [1.29, 1.82) is 0 Å². The number of rotatable bonds is 3. The second-order valence-corrected chi connectivity index (χ2v) is 5.62. The summed E-state index contributed by atoms with van der Waals surface area (Å²) in [7, 11) is 1.71. The molecule has 102 valence electrons. The summed E-state index contributed by atoms with van der Waals surface area (Å²) in [6.45, 7) is 5.15. The van der Waals surface area contributed by atoms with Gasteiger partial charge in [-0.25, -0.2) is 0 Å². The molecule has 0 amide bonds. The van der Waals surface area contributed by atoms with Crippen molar-refractivity contribution < 1.29 is 4.74 Å². The van der Waals surface area contributed by atoms with E-state index in [9.17, 15) is 0 Å². The fourth-order valence-electron chi connectivity index (χ4n) is 2.37. The Labute approximate surface area is 123 Å². The lowest BCUT2D eigenvalue weighted by Gasteiger charge is -2.18. The summed E-state index contributed by atoms with van der Waals surface area (Å²) in [4.78, 5) is 2.39. The van der Waals surface area contributed by atoms with Gasteiger partial charge in [-0.15, -0.1) is 12.4 Å². The van der Waals surface area contributed by atoms with Crippen molar-refractivity contribution >= 4 is 28.3 Å². The molecule has 0 saturated carbocycles. The molecule has 1 heterocycles. The Morgan fingerprint density at radius 3 is 2.72 bits per heavy atom. The molecule has 2 N–H and O–H groups in total. The summed E-state index contributed by atoms with van der Waals surface area (Å²) in [5.41, 5.74) is 7.25. The SMILES string of the molecule is COc1c(Br)cccc1CN1CC(C)C(N)C1.Cl. The highest BCUT2D eigenvalue weighted by Gasteiger charge is 2.27. The Morgan fingerprint density at radius 2 is 2.17 bits per heavy atom. The van der Waals surface area contributed by atoms with Crippen molar-refractivity contribution in [3.63, 3.8) is 0 Å². The number of hydrogen-bond donors (Lipinski definition) is 1. The molecule has 2 rings (SSSR count). The van der Waals surface area contributed by atoms with Gasteiger partial charge in [0.25, 0.3) is 0 Å². The quantitative estimate of drug-likeness (QED) is 0.923. The van der Waals surface area contributed by atoms with Crippen molar-refractivity contribution in [3.8, 4) is 5.75 Å². The van der Waals surface area contributed by atoms with E-state index in [1.807, 2.05) is 12.1 Å². The molecule has 0 spiro atoms. The molecule has 1 aromatic rings. The Balaban J connectivity index is 0.00000162. The number of ether oxygens (including phenoxy) is 1.